The first-order valence-corrected chi connectivity index (χ1v) is 6.06. The second kappa shape index (κ2) is 4.79. The summed E-state index contributed by atoms with van der Waals surface area (Å²) in [6.07, 6.45) is 8.24. The standard InChI is InChI=1S/C12H21N3/c1-3-4-5-6-10-12-11(7-8-13-10)15(2)9-14-12/h9-10,13H,3-8H2,1-2H3. The monoisotopic (exact) mass is 207 g/mol. The molecule has 0 saturated heterocycles. The quantitative estimate of drug-likeness (QED) is 0.767. The summed E-state index contributed by atoms with van der Waals surface area (Å²) in [6, 6.07) is 0.501. The molecule has 0 fully saturated rings. The highest BCUT2D eigenvalue weighted by Gasteiger charge is 2.22. The SMILES string of the molecule is CCCCCC1NCCc2c1ncn2C. The van der Waals surface area contributed by atoms with E-state index in [2.05, 4.69) is 28.8 Å². The van der Waals surface area contributed by atoms with Gasteiger partial charge in [0.05, 0.1) is 18.1 Å². The van der Waals surface area contributed by atoms with E-state index in [1.54, 1.807) is 0 Å². The minimum Gasteiger partial charge on any atom is -0.337 e. The summed E-state index contributed by atoms with van der Waals surface area (Å²) in [6.45, 7) is 3.35. The molecule has 0 saturated carbocycles. The van der Waals surface area contributed by atoms with Crippen LogP contribution < -0.4 is 5.32 Å². The number of aromatic nitrogens is 2. The van der Waals surface area contributed by atoms with Crippen molar-refractivity contribution in [3.63, 3.8) is 0 Å². The molecule has 2 heterocycles. The van der Waals surface area contributed by atoms with Crippen LogP contribution in [-0.4, -0.2) is 16.1 Å². The molecule has 3 nitrogen and oxygen atoms in total. The van der Waals surface area contributed by atoms with E-state index in [4.69, 9.17) is 0 Å². The highest BCUT2D eigenvalue weighted by Crippen LogP contribution is 2.25. The third-order valence-corrected chi connectivity index (χ3v) is 3.27. The van der Waals surface area contributed by atoms with Crippen molar-refractivity contribution in [1.82, 2.24) is 14.9 Å². The maximum atomic E-state index is 4.52. The lowest BCUT2D eigenvalue weighted by molar-refractivity contribution is 0.441. The van der Waals surface area contributed by atoms with Crippen LogP contribution in [0.5, 0.6) is 0 Å². The van der Waals surface area contributed by atoms with Gasteiger partial charge in [-0.1, -0.05) is 26.2 Å². The molecule has 3 heteroatoms. The molecule has 2 rings (SSSR count). The predicted octanol–water partition coefficient (Wildman–Crippen LogP) is 2.19. The minimum absolute atomic E-state index is 0.501. The Kier molecular flexibility index (Phi) is 3.41. The number of rotatable bonds is 4. The Morgan fingerprint density at radius 1 is 1.53 bits per heavy atom. The van der Waals surface area contributed by atoms with Crippen LogP contribution in [0.1, 0.15) is 50.0 Å². The fourth-order valence-corrected chi connectivity index (χ4v) is 2.37. The number of imidazole rings is 1. The van der Waals surface area contributed by atoms with Crippen molar-refractivity contribution in [3.05, 3.63) is 17.7 Å². The van der Waals surface area contributed by atoms with Crippen molar-refractivity contribution in [2.24, 2.45) is 7.05 Å². The van der Waals surface area contributed by atoms with Crippen LogP contribution in [-0.2, 0) is 13.5 Å². The highest BCUT2D eigenvalue weighted by molar-refractivity contribution is 5.20. The molecule has 0 aliphatic carbocycles. The van der Waals surface area contributed by atoms with Gasteiger partial charge in [0.25, 0.3) is 0 Å². The van der Waals surface area contributed by atoms with Crippen molar-refractivity contribution in [2.75, 3.05) is 6.54 Å². The highest BCUT2D eigenvalue weighted by atomic mass is 15.1. The van der Waals surface area contributed by atoms with Gasteiger partial charge < -0.3 is 9.88 Å². The lowest BCUT2D eigenvalue weighted by Gasteiger charge is -2.23. The number of nitrogens with zero attached hydrogens (tertiary/aromatic N) is 2. The maximum Gasteiger partial charge on any atom is 0.0949 e. The minimum atomic E-state index is 0.501. The van der Waals surface area contributed by atoms with Crippen LogP contribution in [0.25, 0.3) is 0 Å². The van der Waals surface area contributed by atoms with Gasteiger partial charge in [0, 0.05) is 25.7 Å². The van der Waals surface area contributed by atoms with Crippen molar-refractivity contribution < 1.29 is 0 Å². The fraction of sp³-hybridized carbons (Fsp3) is 0.750. The molecule has 1 unspecified atom stereocenters. The van der Waals surface area contributed by atoms with Gasteiger partial charge in [0.15, 0.2) is 0 Å². The molecule has 1 aromatic rings. The Morgan fingerprint density at radius 2 is 2.40 bits per heavy atom. The van der Waals surface area contributed by atoms with E-state index >= 15 is 0 Å². The Morgan fingerprint density at radius 3 is 3.20 bits per heavy atom. The normalized spacial score (nSPS) is 20.3. The summed E-state index contributed by atoms with van der Waals surface area (Å²) in [5.74, 6) is 0. The molecule has 0 bridgehead atoms. The van der Waals surface area contributed by atoms with Gasteiger partial charge in [-0.25, -0.2) is 4.98 Å². The Balaban J connectivity index is 2.02. The van der Waals surface area contributed by atoms with E-state index in [0.29, 0.717) is 6.04 Å². The van der Waals surface area contributed by atoms with Crippen LogP contribution in [0.2, 0.25) is 0 Å². The molecular formula is C12H21N3. The molecule has 0 spiro atoms. The lowest BCUT2D eigenvalue weighted by Crippen LogP contribution is -2.30. The van der Waals surface area contributed by atoms with Crippen molar-refractivity contribution >= 4 is 0 Å². The summed E-state index contributed by atoms with van der Waals surface area (Å²) in [4.78, 5) is 4.52. The molecule has 1 atom stereocenters. The fourth-order valence-electron chi connectivity index (χ4n) is 2.37. The van der Waals surface area contributed by atoms with Crippen molar-refractivity contribution in [2.45, 2.75) is 45.1 Å². The number of aryl methyl sites for hydroxylation is 1. The average Bonchev–Trinajstić information content (AvgIpc) is 2.62. The van der Waals surface area contributed by atoms with E-state index in [1.165, 1.54) is 37.1 Å². The predicted molar refractivity (Wildman–Crippen MR) is 61.8 cm³/mol. The van der Waals surface area contributed by atoms with Gasteiger partial charge in [-0.2, -0.15) is 0 Å². The summed E-state index contributed by atoms with van der Waals surface area (Å²) in [5, 5.41) is 3.57. The Bertz CT molecular complexity index is 317. The van der Waals surface area contributed by atoms with Gasteiger partial charge in [0.2, 0.25) is 0 Å². The van der Waals surface area contributed by atoms with Crippen molar-refractivity contribution in [3.8, 4) is 0 Å². The van der Waals surface area contributed by atoms with Crippen LogP contribution in [0.15, 0.2) is 6.33 Å². The largest absolute Gasteiger partial charge is 0.337 e. The molecule has 15 heavy (non-hydrogen) atoms. The molecular weight excluding hydrogens is 186 g/mol. The third-order valence-electron chi connectivity index (χ3n) is 3.27. The number of nitrogens with one attached hydrogen (secondary N) is 1. The van der Waals surface area contributed by atoms with Gasteiger partial charge >= 0.3 is 0 Å². The Hall–Kier alpha value is -0.830. The van der Waals surface area contributed by atoms with Gasteiger partial charge in [0.1, 0.15) is 0 Å². The van der Waals surface area contributed by atoms with E-state index in [9.17, 15) is 0 Å². The summed E-state index contributed by atoms with van der Waals surface area (Å²) < 4.78 is 2.17. The van der Waals surface area contributed by atoms with E-state index < -0.39 is 0 Å². The second-order valence-corrected chi connectivity index (χ2v) is 4.44. The maximum absolute atomic E-state index is 4.52. The third kappa shape index (κ3) is 2.23. The van der Waals surface area contributed by atoms with E-state index in [-0.39, 0.29) is 0 Å². The first kappa shape index (κ1) is 10.7. The molecule has 1 aliphatic heterocycles. The zero-order valence-corrected chi connectivity index (χ0v) is 9.79. The lowest BCUT2D eigenvalue weighted by atomic mass is 9.99. The topological polar surface area (TPSA) is 29.9 Å². The summed E-state index contributed by atoms with van der Waals surface area (Å²) >= 11 is 0. The molecule has 0 radical (unpaired) electrons. The number of hydrogen-bond donors (Lipinski definition) is 1. The smallest absolute Gasteiger partial charge is 0.0949 e. The van der Waals surface area contributed by atoms with Gasteiger partial charge in [-0.15, -0.1) is 0 Å². The summed E-state index contributed by atoms with van der Waals surface area (Å²) in [5.41, 5.74) is 2.72. The average molecular weight is 207 g/mol. The first-order chi connectivity index (χ1) is 7.33. The summed E-state index contributed by atoms with van der Waals surface area (Å²) in [7, 11) is 2.10. The number of fused-ring (bicyclic) bond motifs is 1. The molecule has 84 valence electrons. The molecule has 1 aliphatic rings. The molecule has 0 amide bonds. The van der Waals surface area contributed by atoms with Crippen molar-refractivity contribution in [1.29, 1.82) is 0 Å². The molecule has 1 aromatic heterocycles. The number of hydrogen-bond acceptors (Lipinski definition) is 2. The second-order valence-electron chi connectivity index (χ2n) is 4.44. The van der Waals surface area contributed by atoms with Crippen LogP contribution in [0.3, 0.4) is 0 Å². The van der Waals surface area contributed by atoms with Crippen LogP contribution >= 0.6 is 0 Å². The molecule has 0 aromatic carbocycles. The van der Waals surface area contributed by atoms with Crippen LogP contribution in [0.4, 0.5) is 0 Å². The van der Waals surface area contributed by atoms with Gasteiger partial charge in [-0.05, 0) is 6.42 Å². The van der Waals surface area contributed by atoms with E-state index in [0.717, 1.165) is 13.0 Å². The first-order valence-electron chi connectivity index (χ1n) is 6.06. The van der Waals surface area contributed by atoms with E-state index in [1.807, 2.05) is 6.33 Å². The Labute approximate surface area is 91.9 Å². The van der Waals surface area contributed by atoms with Crippen LogP contribution in [0, 0.1) is 0 Å². The number of unbranched alkanes of at least 4 members (excludes halogenated alkanes) is 2. The van der Waals surface area contributed by atoms with Gasteiger partial charge in [-0.3, -0.25) is 0 Å². The molecule has 1 N–H and O–H groups in total. The zero-order valence-electron chi connectivity index (χ0n) is 9.79. The zero-order chi connectivity index (χ0) is 10.7.